The minimum atomic E-state index is 0. The molecule has 0 N–H and O–H groups in total. The van der Waals surface area contributed by atoms with Crippen molar-refractivity contribution in [2.75, 3.05) is 0 Å². The highest BCUT2D eigenvalue weighted by Gasteiger charge is 2.08. The number of para-hydroxylation sites is 2. The van der Waals surface area contributed by atoms with Gasteiger partial charge in [0.25, 0.3) is 5.52 Å². The van der Waals surface area contributed by atoms with Crippen molar-refractivity contribution in [3.8, 4) is 0 Å². The van der Waals surface area contributed by atoms with E-state index in [2.05, 4.69) is 17.6 Å². The average molecular weight is 275 g/mol. The van der Waals surface area contributed by atoms with Crippen molar-refractivity contribution < 1.29 is 33.0 Å². The first-order valence-electron chi connectivity index (χ1n) is 3.77. The number of hydrogen-bond donors (Lipinski definition) is 0. The van der Waals surface area contributed by atoms with E-state index in [4.69, 9.17) is 4.42 Å². The van der Waals surface area contributed by atoms with E-state index in [9.17, 15) is 0 Å². The van der Waals surface area contributed by atoms with Crippen LogP contribution in [0.15, 0.2) is 35.1 Å². The molecule has 0 atom stereocenters. The van der Waals surface area contributed by atoms with E-state index in [0.29, 0.717) is 0 Å². The highest BCUT2D eigenvalue weighted by Crippen LogP contribution is 2.08. The van der Waals surface area contributed by atoms with Crippen LogP contribution >= 0.6 is 0 Å². The molecule has 0 saturated heterocycles. The molecular formula is C9H10INO. The first kappa shape index (κ1) is 9.51. The molecule has 0 radical (unpaired) electrons. The molecule has 12 heavy (non-hydrogen) atoms. The lowest BCUT2D eigenvalue weighted by Crippen LogP contribution is -3.00. The Morgan fingerprint density at radius 3 is 2.83 bits per heavy atom. The number of fused-ring (bicyclic) bond motifs is 1. The summed E-state index contributed by atoms with van der Waals surface area (Å²) in [5.41, 5.74) is 2.12. The molecule has 0 unspecified atom stereocenters. The third-order valence-corrected chi connectivity index (χ3v) is 1.82. The molecular weight excluding hydrogens is 265 g/mol. The van der Waals surface area contributed by atoms with Crippen molar-refractivity contribution in [2.45, 2.75) is 13.5 Å². The molecule has 2 rings (SSSR count). The van der Waals surface area contributed by atoms with Crippen LogP contribution in [0.3, 0.4) is 0 Å². The summed E-state index contributed by atoms with van der Waals surface area (Å²) in [6.45, 7) is 3.05. The fraction of sp³-hybridized carbons (Fsp3) is 0.222. The Morgan fingerprint density at radius 1 is 1.33 bits per heavy atom. The van der Waals surface area contributed by atoms with Crippen molar-refractivity contribution in [3.05, 3.63) is 30.7 Å². The highest BCUT2D eigenvalue weighted by atomic mass is 127. The van der Waals surface area contributed by atoms with Gasteiger partial charge in [-0.1, -0.05) is 12.1 Å². The van der Waals surface area contributed by atoms with Gasteiger partial charge in [0.2, 0.25) is 5.58 Å². The maximum Gasteiger partial charge on any atom is 0.335 e. The Labute approximate surface area is 88.2 Å². The second-order valence-corrected chi connectivity index (χ2v) is 2.48. The molecule has 0 aliphatic heterocycles. The molecule has 2 nitrogen and oxygen atoms in total. The van der Waals surface area contributed by atoms with Gasteiger partial charge in [0.1, 0.15) is 6.54 Å². The number of rotatable bonds is 1. The second-order valence-electron chi connectivity index (χ2n) is 2.48. The predicted octanol–water partition coefficient (Wildman–Crippen LogP) is -1.26. The van der Waals surface area contributed by atoms with Crippen LogP contribution in [0.5, 0.6) is 0 Å². The summed E-state index contributed by atoms with van der Waals surface area (Å²) in [6, 6.07) is 8.03. The molecule has 1 aromatic carbocycles. The molecule has 2 aromatic rings. The molecule has 64 valence electrons. The van der Waals surface area contributed by atoms with Gasteiger partial charge in [0.05, 0.1) is 0 Å². The van der Waals surface area contributed by atoms with Gasteiger partial charge in [-0.05, 0) is 13.0 Å². The fourth-order valence-corrected chi connectivity index (χ4v) is 1.22. The van der Waals surface area contributed by atoms with E-state index >= 15 is 0 Å². The number of halogens is 1. The Kier molecular flexibility index (Phi) is 3.08. The van der Waals surface area contributed by atoms with Crippen LogP contribution in [0.25, 0.3) is 11.1 Å². The second kappa shape index (κ2) is 3.89. The normalized spacial score (nSPS) is 9.75. The van der Waals surface area contributed by atoms with Crippen molar-refractivity contribution in [1.29, 1.82) is 0 Å². The van der Waals surface area contributed by atoms with Gasteiger partial charge in [0, 0.05) is 6.07 Å². The molecule has 3 heteroatoms. The topological polar surface area (TPSA) is 17.0 Å². The van der Waals surface area contributed by atoms with E-state index in [1.165, 1.54) is 0 Å². The maximum absolute atomic E-state index is 5.30. The summed E-state index contributed by atoms with van der Waals surface area (Å²) < 4.78 is 7.38. The van der Waals surface area contributed by atoms with Gasteiger partial charge < -0.3 is 28.4 Å². The monoisotopic (exact) mass is 275 g/mol. The zero-order valence-electron chi connectivity index (χ0n) is 6.83. The van der Waals surface area contributed by atoms with Crippen molar-refractivity contribution in [3.63, 3.8) is 0 Å². The standard InChI is InChI=1S/C9H10NO.HI/c1-2-10-7-11-9-6-4-3-5-8(9)10;/h3-7H,2H2,1H3;1H/q+1;/p-1. The lowest BCUT2D eigenvalue weighted by molar-refractivity contribution is -0.672. The van der Waals surface area contributed by atoms with Crippen molar-refractivity contribution >= 4 is 11.1 Å². The number of oxazole rings is 1. The van der Waals surface area contributed by atoms with E-state index < -0.39 is 0 Å². The summed E-state index contributed by atoms with van der Waals surface area (Å²) in [7, 11) is 0. The van der Waals surface area contributed by atoms with Crippen LogP contribution in [0.4, 0.5) is 0 Å². The Morgan fingerprint density at radius 2 is 2.08 bits per heavy atom. The number of nitrogens with zero attached hydrogens (tertiary/aromatic N) is 1. The maximum atomic E-state index is 5.30. The number of aryl methyl sites for hydroxylation is 1. The first-order chi connectivity index (χ1) is 5.42. The Bertz CT molecular complexity index is 369. The predicted molar refractivity (Wildman–Crippen MR) is 42.1 cm³/mol. The third-order valence-electron chi connectivity index (χ3n) is 1.82. The fourth-order valence-electron chi connectivity index (χ4n) is 1.22. The summed E-state index contributed by atoms with van der Waals surface area (Å²) in [5.74, 6) is 0. The molecule has 0 aliphatic carbocycles. The molecule has 0 bridgehead atoms. The van der Waals surface area contributed by atoms with E-state index in [-0.39, 0.29) is 24.0 Å². The SMILES string of the molecule is CC[n+]1coc2ccccc21.[I-]. The van der Waals surface area contributed by atoms with Crippen LogP contribution < -0.4 is 28.5 Å². The van der Waals surface area contributed by atoms with Gasteiger partial charge in [-0.2, -0.15) is 4.57 Å². The lowest BCUT2D eigenvalue weighted by atomic mass is 10.3. The summed E-state index contributed by atoms with van der Waals surface area (Å²) in [6.07, 6.45) is 1.75. The summed E-state index contributed by atoms with van der Waals surface area (Å²) in [4.78, 5) is 0. The molecule has 0 saturated carbocycles. The molecule has 1 heterocycles. The smallest absolute Gasteiger partial charge is 0.335 e. The number of benzene rings is 1. The van der Waals surface area contributed by atoms with Crippen LogP contribution in [0.1, 0.15) is 6.92 Å². The quantitative estimate of drug-likeness (QED) is 0.469. The van der Waals surface area contributed by atoms with Gasteiger partial charge >= 0.3 is 6.39 Å². The van der Waals surface area contributed by atoms with Crippen LogP contribution in [-0.4, -0.2) is 0 Å². The Hall–Kier alpha value is -0.580. The largest absolute Gasteiger partial charge is 1.00 e. The van der Waals surface area contributed by atoms with Gasteiger partial charge in [0.15, 0.2) is 0 Å². The van der Waals surface area contributed by atoms with Gasteiger partial charge in [-0.25, -0.2) is 0 Å². The zero-order valence-corrected chi connectivity index (χ0v) is 8.98. The lowest BCUT2D eigenvalue weighted by Gasteiger charge is -1.82. The zero-order chi connectivity index (χ0) is 7.68. The van der Waals surface area contributed by atoms with E-state index in [1.807, 2.05) is 18.2 Å². The minimum Gasteiger partial charge on any atom is -1.00 e. The molecule has 1 aromatic heterocycles. The van der Waals surface area contributed by atoms with Crippen molar-refractivity contribution in [1.82, 2.24) is 0 Å². The van der Waals surface area contributed by atoms with Crippen LogP contribution in [0, 0.1) is 0 Å². The third kappa shape index (κ3) is 1.46. The minimum absolute atomic E-state index is 0. The van der Waals surface area contributed by atoms with Gasteiger partial charge in [-0.15, -0.1) is 0 Å². The first-order valence-corrected chi connectivity index (χ1v) is 3.77. The van der Waals surface area contributed by atoms with Crippen molar-refractivity contribution in [2.24, 2.45) is 0 Å². The molecule has 0 amide bonds. The number of hydrogen-bond acceptors (Lipinski definition) is 1. The molecule has 0 aliphatic rings. The van der Waals surface area contributed by atoms with Gasteiger partial charge in [-0.3, -0.25) is 0 Å². The number of aromatic nitrogens is 1. The Balaban J connectivity index is 0.000000720. The summed E-state index contributed by atoms with van der Waals surface area (Å²) in [5, 5.41) is 0. The average Bonchev–Trinajstić information content (AvgIpc) is 2.47. The van der Waals surface area contributed by atoms with Crippen LogP contribution in [-0.2, 0) is 6.54 Å². The molecule has 0 spiro atoms. The highest BCUT2D eigenvalue weighted by molar-refractivity contribution is 5.67. The van der Waals surface area contributed by atoms with E-state index in [0.717, 1.165) is 17.6 Å². The molecule has 0 fully saturated rings. The van der Waals surface area contributed by atoms with Crippen LogP contribution in [0.2, 0.25) is 0 Å². The van der Waals surface area contributed by atoms with E-state index in [1.54, 1.807) is 6.39 Å². The summed E-state index contributed by atoms with van der Waals surface area (Å²) >= 11 is 0.